The van der Waals surface area contributed by atoms with Crippen LogP contribution in [-0.2, 0) is 11.3 Å². The number of hydrogen-bond acceptors (Lipinski definition) is 8. The fourth-order valence-corrected chi connectivity index (χ4v) is 3.13. The average Bonchev–Trinajstić information content (AvgIpc) is 3.14. The van der Waals surface area contributed by atoms with Crippen LogP contribution < -0.4 is 10.6 Å². The number of aromatic nitrogens is 2. The maximum atomic E-state index is 12.1. The minimum atomic E-state index is -0.483. The molecule has 2 aromatic carbocycles. The van der Waals surface area contributed by atoms with Gasteiger partial charge in [-0.3, -0.25) is 14.9 Å². The van der Waals surface area contributed by atoms with E-state index in [9.17, 15) is 14.9 Å². The second-order valence-electron chi connectivity index (χ2n) is 5.92. The smallest absolute Gasteiger partial charge is 0.277 e. The van der Waals surface area contributed by atoms with Crippen molar-refractivity contribution in [2.45, 2.75) is 18.7 Å². The van der Waals surface area contributed by atoms with Gasteiger partial charge in [0, 0.05) is 28.5 Å². The summed E-state index contributed by atoms with van der Waals surface area (Å²) in [7, 11) is 0. The Bertz CT molecular complexity index is 1040. The lowest BCUT2D eigenvalue weighted by Gasteiger charge is -2.07. The third kappa shape index (κ3) is 5.93. The minimum absolute atomic E-state index is 0.0281. The molecule has 150 valence electrons. The van der Waals surface area contributed by atoms with Crippen molar-refractivity contribution in [3.8, 4) is 0 Å². The molecule has 0 atom stereocenters. The summed E-state index contributed by atoms with van der Waals surface area (Å²) in [5.74, 6) is 0.141. The number of nitrogens with zero attached hydrogens (tertiary/aromatic N) is 3. The molecule has 0 aliphatic rings. The Kier molecular flexibility index (Phi) is 6.68. The van der Waals surface area contributed by atoms with Crippen molar-refractivity contribution < 1.29 is 14.1 Å². The van der Waals surface area contributed by atoms with E-state index in [0.29, 0.717) is 28.7 Å². The molecular formula is C18H16ClN5O4S. The van der Waals surface area contributed by atoms with E-state index in [1.165, 1.54) is 18.2 Å². The van der Waals surface area contributed by atoms with Crippen LogP contribution in [0.5, 0.6) is 0 Å². The van der Waals surface area contributed by atoms with Crippen LogP contribution in [-0.4, -0.2) is 26.8 Å². The van der Waals surface area contributed by atoms with E-state index in [2.05, 4.69) is 20.8 Å². The van der Waals surface area contributed by atoms with Crippen molar-refractivity contribution in [3.05, 3.63) is 69.1 Å². The fraction of sp³-hybridized carbons (Fsp3) is 0.167. The molecule has 0 saturated heterocycles. The highest BCUT2D eigenvalue weighted by molar-refractivity contribution is 7.99. The van der Waals surface area contributed by atoms with Crippen molar-refractivity contribution in [2.75, 3.05) is 16.4 Å². The largest absolute Gasteiger partial charge is 0.414 e. The first kappa shape index (κ1) is 20.6. The summed E-state index contributed by atoms with van der Waals surface area (Å²) < 4.78 is 5.49. The topological polar surface area (TPSA) is 123 Å². The Balaban J connectivity index is 1.49. The number of rotatable bonds is 8. The molecule has 0 spiro atoms. The Morgan fingerprint density at radius 1 is 1.28 bits per heavy atom. The van der Waals surface area contributed by atoms with Crippen LogP contribution in [0, 0.1) is 17.0 Å². The second-order valence-corrected chi connectivity index (χ2v) is 7.28. The molecule has 0 fully saturated rings. The number of carbonyl (C=O) groups excluding carboxylic acids is 1. The fourth-order valence-electron chi connectivity index (χ4n) is 2.36. The Hall–Kier alpha value is -3.11. The van der Waals surface area contributed by atoms with E-state index in [1.54, 1.807) is 19.1 Å². The first-order chi connectivity index (χ1) is 13.9. The lowest BCUT2D eigenvalue weighted by molar-refractivity contribution is -0.384. The minimum Gasteiger partial charge on any atom is -0.414 e. The zero-order chi connectivity index (χ0) is 20.8. The molecule has 1 amide bonds. The number of aryl methyl sites for hydroxylation is 1. The molecule has 0 bridgehead atoms. The predicted molar refractivity (Wildman–Crippen MR) is 110 cm³/mol. The number of amides is 1. The standard InChI is InChI=1S/C18H16ClN5O4S/c1-11-7-14(24(26)27)5-6-15(11)21-16(25)10-29-18-23-22-17(28-18)9-20-13-4-2-3-12(19)8-13/h2-8,20H,9-10H2,1H3,(H,21,25). The van der Waals surface area contributed by atoms with Gasteiger partial charge in [0.15, 0.2) is 0 Å². The number of hydrogen-bond donors (Lipinski definition) is 2. The SMILES string of the molecule is Cc1cc([N+](=O)[O-])ccc1NC(=O)CSc1nnc(CNc2cccc(Cl)c2)o1. The van der Waals surface area contributed by atoms with Gasteiger partial charge in [-0.25, -0.2) is 0 Å². The molecule has 29 heavy (non-hydrogen) atoms. The molecule has 0 saturated carbocycles. The average molecular weight is 434 g/mol. The van der Waals surface area contributed by atoms with Crippen LogP contribution in [0.2, 0.25) is 5.02 Å². The lowest BCUT2D eigenvalue weighted by atomic mass is 10.2. The van der Waals surface area contributed by atoms with Crippen molar-refractivity contribution in [1.82, 2.24) is 10.2 Å². The number of halogens is 1. The molecule has 0 aliphatic heterocycles. The summed E-state index contributed by atoms with van der Waals surface area (Å²) in [6, 6.07) is 11.5. The zero-order valence-corrected chi connectivity index (χ0v) is 16.8. The van der Waals surface area contributed by atoms with Gasteiger partial charge in [0.1, 0.15) is 0 Å². The summed E-state index contributed by atoms with van der Waals surface area (Å²) in [5.41, 5.74) is 1.91. The molecule has 9 nitrogen and oxygen atoms in total. The Labute approximate surface area is 175 Å². The van der Waals surface area contributed by atoms with E-state index < -0.39 is 4.92 Å². The van der Waals surface area contributed by atoms with Crippen LogP contribution in [0.25, 0.3) is 0 Å². The van der Waals surface area contributed by atoms with Gasteiger partial charge in [-0.15, -0.1) is 10.2 Å². The van der Waals surface area contributed by atoms with Gasteiger partial charge in [0.2, 0.25) is 11.8 Å². The molecule has 0 unspecified atom stereocenters. The van der Waals surface area contributed by atoms with E-state index in [0.717, 1.165) is 17.4 Å². The predicted octanol–water partition coefficient (Wildman–Crippen LogP) is 4.28. The first-order valence-electron chi connectivity index (χ1n) is 8.40. The summed E-state index contributed by atoms with van der Waals surface area (Å²) in [6.07, 6.45) is 0. The highest BCUT2D eigenvalue weighted by Gasteiger charge is 2.13. The van der Waals surface area contributed by atoms with Crippen molar-refractivity contribution >= 4 is 46.3 Å². The number of thioether (sulfide) groups is 1. The maximum Gasteiger partial charge on any atom is 0.277 e. The Morgan fingerprint density at radius 3 is 2.83 bits per heavy atom. The molecule has 11 heteroatoms. The number of nitrogens with one attached hydrogen (secondary N) is 2. The third-order valence-electron chi connectivity index (χ3n) is 3.74. The number of non-ortho nitro benzene ring substituents is 1. The molecule has 0 aliphatic carbocycles. The number of nitro groups is 1. The second kappa shape index (κ2) is 9.39. The number of carbonyl (C=O) groups is 1. The van der Waals surface area contributed by atoms with E-state index in [-0.39, 0.29) is 22.6 Å². The van der Waals surface area contributed by atoms with E-state index in [4.69, 9.17) is 16.0 Å². The van der Waals surface area contributed by atoms with Gasteiger partial charge in [0.05, 0.1) is 17.2 Å². The molecule has 3 rings (SSSR count). The summed E-state index contributed by atoms with van der Waals surface area (Å²) >= 11 is 7.03. The van der Waals surface area contributed by atoms with Crippen LogP contribution in [0.1, 0.15) is 11.5 Å². The Morgan fingerprint density at radius 2 is 2.10 bits per heavy atom. The lowest BCUT2D eigenvalue weighted by Crippen LogP contribution is -2.14. The van der Waals surface area contributed by atoms with Gasteiger partial charge in [-0.05, 0) is 36.8 Å². The number of anilines is 2. The van der Waals surface area contributed by atoms with Crippen molar-refractivity contribution in [3.63, 3.8) is 0 Å². The van der Waals surface area contributed by atoms with Gasteiger partial charge < -0.3 is 15.1 Å². The van der Waals surface area contributed by atoms with Gasteiger partial charge in [0.25, 0.3) is 10.9 Å². The highest BCUT2D eigenvalue weighted by Crippen LogP contribution is 2.22. The summed E-state index contributed by atoms with van der Waals surface area (Å²) in [5, 5.41) is 25.3. The summed E-state index contributed by atoms with van der Waals surface area (Å²) in [4.78, 5) is 22.4. The first-order valence-corrected chi connectivity index (χ1v) is 9.76. The van der Waals surface area contributed by atoms with E-state index in [1.807, 2.05) is 12.1 Å². The number of nitro benzene ring substituents is 1. The molecule has 3 aromatic rings. The maximum absolute atomic E-state index is 12.1. The van der Waals surface area contributed by atoms with Crippen molar-refractivity contribution in [2.24, 2.45) is 0 Å². The molecule has 2 N–H and O–H groups in total. The molecule has 0 radical (unpaired) electrons. The molecular weight excluding hydrogens is 418 g/mol. The third-order valence-corrected chi connectivity index (χ3v) is 4.79. The van der Waals surface area contributed by atoms with Gasteiger partial charge >= 0.3 is 0 Å². The van der Waals surface area contributed by atoms with Gasteiger partial charge in [-0.2, -0.15) is 0 Å². The van der Waals surface area contributed by atoms with Gasteiger partial charge in [-0.1, -0.05) is 29.4 Å². The monoisotopic (exact) mass is 433 g/mol. The van der Waals surface area contributed by atoms with E-state index >= 15 is 0 Å². The number of benzene rings is 2. The summed E-state index contributed by atoms with van der Waals surface area (Å²) in [6.45, 7) is 2.01. The van der Waals surface area contributed by atoms with Crippen molar-refractivity contribution in [1.29, 1.82) is 0 Å². The van der Waals surface area contributed by atoms with Crippen LogP contribution in [0.4, 0.5) is 17.1 Å². The normalized spacial score (nSPS) is 10.6. The van der Waals surface area contributed by atoms with Crippen LogP contribution in [0.3, 0.4) is 0 Å². The quantitative estimate of drug-likeness (QED) is 0.306. The highest BCUT2D eigenvalue weighted by atomic mass is 35.5. The molecule has 1 aromatic heterocycles. The van der Waals surface area contributed by atoms with Crippen LogP contribution in [0.15, 0.2) is 52.1 Å². The van der Waals surface area contributed by atoms with Crippen LogP contribution >= 0.6 is 23.4 Å². The molecule has 1 heterocycles. The zero-order valence-electron chi connectivity index (χ0n) is 15.2.